The maximum absolute atomic E-state index is 11.1. The molecule has 0 aliphatic carbocycles. The molecule has 0 saturated carbocycles. The first-order valence-corrected chi connectivity index (χ1v) is 24.7. The molecule has 1 rings (SSSR count). The maximum atomic E-state index is 11.1. The molecule has 1 heterocycles. The van der Waals surface area contributed by atoms with Gasteiger partial charge in [-0.1, -0.05) is 23.3 Å². The van der Waals surface area contributed by atoms with Crippen molar-refractivity contribution in [3.63, 3.8) is 0 Å². The van der Waals surface area contributed by atoms with Crippen molar-refractivity contribution in [3.05, 3.63) is 23.3 Å². The highest BCUT2D eigenvalue weighted by Gasteiger charge is 2.44. The van der Waals surface area contributed by atoms with Crippen molar-refractivity contribution < 1.29 is 70.8 Å². The molecule has 0 aromatic rings. The molecule has 12 N–H and O–H groups in total. The Bertz CT molecular complexity index is 1360. The molecule has 1 saturated heterocycles. The van der Waals surface area contributed by atoms with Gasteiger partial charge >= 0.3 is 0 Å². The molecule has 1 fully saturated rings. The minimum Gasteiger partial charge on any atom is -0.394 e. The minimum atomic E-state index is -1.49. The lowest BCUT2D eigenvalue weighted by atomic mass is 9.83. The number of aliphatic hydroxyl groups is 12. The highest BCUT2D eigenvalue weighted by molar-refractivity contribution is 5.04. The van der Waals surface area contributed by atoms with Crippen LogP contribution in [0.5, 0.6) is 0 Å². The first-order valence-electron chi connectivity index (χ1n) is 24.7. The lowest BCUT2D eigenvalue weighted by molar-refractivity contribution is -0.298. The van der Waals surface area contributed by atoms with E-state index in [0.29, 0.717) is 122 Å². The zero-order valence-electron chi connectivity index (χ0n) is 42.3. The van der Waals surface area contributed by atoms with E-state index in [2.05, 4.69) is 6.08 Å². The van der Waals surface area contributed by atoms with E-state index in [4.69, 9.17) is 9.47 Å². The fourth-order valence-electron chi connectivity index (χ4n) is 8.84. The van der Waals surface area contributed by atoms with Crippen LogP contribution < -0.4 is 0 Å². The Labute approximate surface area is 392 Å². The van der Waals surface area contributed by atoms with Gasteiger partial charge in [-0.2, -0.15) is 0 Å². The number of allylic oxidation sites excluding steroid dienone is 3. The van der Waals surface area contributed by atoms with E-state index in [1.54, 1.807) is 41.5 Å². The fourth-order valence-corrected chi connectivity index (χ4v) is 8.84. The Morgan fingerprint density at radius 1 is 0.523 bits per heavy atom. The highest BCUT2D eigenvalue weighted by atomic mass is 16.7. The van der Waals surface area contributed by atoms with Gasteiger partial charge in [0, 0.05) is 0 Å². The molecule has 1 aliphatic rings. The smallest absolute Gasteiger partial charge is 0.187 e. The van der Waals surface area contributed by atoms with Crippen molar-refractivity contribution >= 4 is 0 Å². The number of hydrogen-bond acceptors (Lipinski definition) is 14. The quantitative estimate of drug-likeness (QED) is 0.0330. The normalized spacial score (nSPS) is 26.3. The van der Waals surface area contributed by atoms with Crippen molar-refractivity contribution in [1.29, 1.82) is 0 Å². The van der Waals surface area contributed by atoms with Crippen molar-refractivity contribution in [2.75, 3.05) is 13.2 Å². The molecule has 0 amide bonds. The van der Waals surface area contributed by atoms with Gasteiger partial charge in [0.25, 0.3) is 0 Å². The molecule has 65 heavy (non-hydrogen) atoms. The van der Waals surface area contributed by atoms with Crippen molar-refractivity contribution in [3.8, 4) is 0 Å². The number of ether oxygens (including phenoxy) is 2. The van der Waals surface area contributed by atoms with Crippen LogP contribution in [0.1, 0.15) is 210 Å². The van der Waals surface area contributed by atoms with Crippen molar-refractivity contribution in [2.45, 2.75) is 287 Å². The van der Waals surface area contributed by atoms with Crippen molar-refractivity contribution in [2.24, 2.45) is 0 Å². The second kappa shape index (κ2) is 27.9. The van der Waals surface area contributed by atoms with Crippen LogP contribution in [0.2, 0.25) is 0 Å². The van der Waals surface area contributed by atoms with E-state index in [1.807, 2.05) is 33.8 Å². The summed E-state index contributed by atoms with van der Waals surface area (Å²) in [6, 6.07) is 0. The van der Waals surface area contributed by atoms with Crippen molar-refractivity contribution in [1.82, 2.24) is 0 Å². The highest BCUT2D eigenvalue weighted by Crippen LogP contribution is 2.32. The zero-order chi connectivity index (χ0) is 49.9. The van der Waals surface area contributed by atoms with E-state index in [9.17, 15) is 61.3 Å². The standard InChI is InChI=1S/C51H98O14/c1-37(18-11-19-38(2)22-35-64-44-43(56)42(55)41(54)39(36-52)65-44)20-21-40(53)51(10,63)34-17-33-50(9,62)32-16-31-49(8,61)30-15-29-48(7,60)28-14-27-47(6,59)26-13-25-46(5,58)24-12-23-45(3,4)57/h18,22,39-44,52-63H,11-17,19-21,23-36H2,1-10H3/b37-18+,38-22+. The second-order valence-corrected chi connectivity index (χ2v) is 22.5. The molecule has 0 bridgehead atoms. The Hall–Kier alpha value is -1.08. The van der Waals surface area contributed by atoms with E-state index >= 15 is 0 Å². The lowest BCUT2D eigenvalue weighted by Crippen LogP contribution is -2.59. The Morgan fingerprint density at radius 2 is 0.892 bits per heavy atom. The van der Waals surface area contributed by atoms with Crippen LogP contribution in [0, 0.1) is 0 Å². The van der Waals surface area contributed by atoms with Gasteiger partial charge in [0.1, 0.15) is 24.4 Å². The molecule has 14 heteroatoms. The van der Waals surface area contributed by atoms with E-state index in [-0.39, 0.29) is 6.61 Å². The summed E-state index contributed by atoms with van der Waals surface area (Å²) in [4.78, 5) is 0. The van der Waals surface area contributed by atoms with Gasteiger partial charge < -0.3 is 70.8 Å². The molecule has 0 aromatic carbocycles. The van der Waals surface area contributed by atoms with Gasteiger partial charge in [0.15, 0.2) is 6.29 Å². The fraction of sp³-hybridized carbons (Fsp3) is 0.922. The van der Waals surface area contributed by atoms with Gasteiger partial charge in [0.05, 0.1) is 58.5 Å². The second-order valence-electron chi connectivity index (χ2n) is 22.5. The number of hydrogen-bond donors (Lipinski definition) is 12. The third kappa shape index (κ3) is 27.6. The summed E-state index contributed by atoms with van der Waals surface area (Å²) in [5.41, 5.74) is -4.54. The Kier molecular flexibility index (Phi) is 26.6. The lowest BCUT2D eigenvalue weighted by Gasteiger charge is -2.39. The molecule has 0 aromatic heterocycles. The predicted octanol–water partition coefficient (Wildman–Crippen LogP) is 5.92. The van der Waals surface area contributed by atoms with Crippen LogP contribution in [-0.4, -0.2) is 151 Å². The summed E-state index contributed by atoms with van der Waals surface area (Å²) in [7, 11) is 0. The molecule has 14 nitrogen and oxygen atoms in total. The first-order chi connectivity index (χ1) is 29.7. The van der Waals surface area contributed by atoms with E-state index < -0.39 is 82.6 Å². The van der Waals surface area contributed by atoms with Gasteiger partial charge in [-0.15, -0.1) is 0 Å². The van der Waals surface area contributed by atoms with Crippen LogP contribution in [0.4, 0.5) is 0 Å². The van der Waals surface area contributed by atoms with Gasteiger partial charge in [-0.3, -0.25) is 0 Å². The molecule has 0 radical (unpaired) electrons. The van der Waals surface area contributed by atoms with Crippen LogP contribution in [0.3, 0.4) is 0 Å². The average molecular weight is 935 g/mol. The summed E-state index contributed by atoms with van der Waals surface area (Å²) in [5.74, 6) is 0. The molecule has 1 aliphatic heterocycles. The molecule has 12 atom stereocenters. The maximum Gasteiger partial charge on any atom is 0.187 e. The summed E-state index contributed by atoms with van der Waals surface area (Å²) in [6.07, 6.45) is 8.94. The predicted molar refractivity (Wildman–Crippen MR) is 255 cm³/mol. The molecule has 386 valence electrons. The summed E-state index contributed by atoms with van der Waals surface area (Å²) in [5, 5.41) is 126. The summed E-state index contributed by atoms with van der Waals surface area (Å²) in [6.45, 7) is 17.7. The van der Waals surface area contributed by atoms with Crippen LogP contribution in [0.25, 0.3) is 0 Å². The van der Waals surface area contributed by atoms with Gasteiger partial charge in [0.2, 0.25) is 0 Å². The summed E-state index contributed by atoms with van der Waals surface area (Å²) < 4.78 is 10.9. The van der Waals surface area contributed by atoms with E-state index in [1.165, 1.54) is 0 Å². The topological polar surface area (TPSA) is 261 Å². The van der Waals surface area contributed by atoms with Crippen LogP contribution in [-0.2, 0) is 9.47 Å². The van der Waals surface area contributed by atoms with Gasteiger partial charge in [-0.05, 0) is 210 Å². The first kappa shape index (κ1) is 61.9. The number of rotatable bonds is 35. The number of aliphatic hydroxyl groups excluding tert-OH is 5. The van der Waals surface area contributed by atoms with Crippen LogP contribution >= 0.6 is 0 Å². The average Bonchev–Trinajstić information content (AvgIpc) is 3.15. The Morgan fingerprint density at radius 3 is 1.28 bits per heavy atom. The third-order valence-electron chi connectivity index (χ3n) is 13.7. The zero-order valence-corrected chi connectivity index (χ0v) is 42.3. The molecular formula is C51H98O14. The third-order valence-corrected chi connectivity index (χ3v) is 13.7. The van der Waals surface area contributed by atoms with E-state index in [0.717, 1.165) is 30.4 Å². The van der Waals surface area contributed by atoms with Crippen LogP contribution in [0.15, 0.2) is 23.3 Å². The molecule has 0 spiro atoms. The van der Waals surface area contributed by atoms with Gasteiger partial charge in [-0.25, -0.2) is 0 Å². The summed E-state index contributed by atoms with van der Waals surface area (Å²) >= 11 is 0. The molecular weight excluding hydrogens is 837 g/mol. The monoisotopic (exact) mass is 935 g/mol. The SMILES string of the molecule is C/C(=C\COC1OC(CO)C(O)C(O)C1O)CC/C=C(\C)CCC(O)C(C)(O)CCCC(C)(O)CCCC(C)(O)CCCC(C)(O)CCCC(C)(O)CCCC(C)(O)CCCC(C)(C)O. The molecule has 12 unspecified atom stereocenters. The Balaban J connectivity index is 2.34. The largest absolute Gasteiger partial charge is 0.394 e. The minimum absolute atomic E-state index is 0.112.